The molecule has 0 amide bonds. The van der Waals surface area contributed by atoms with Gasteiger partial charge in [-0.1, -0.05) is 19.6 Å². The van der Waals surface area contributed by atoms with Crippen LogP contribution in [-0.4, -0.2) is 34.8 Å². The second-order valence-electron chi connectivity index (χ2n) is 8.17. The highest BCUT2D eigenvalue weighted by Gasteiger charge is 2.23. The molecular formula is C13H29N3O2Si3. The summed E-state index contributed by atoms with van der Waals surface area (Å²) in [5.41, 5.74) is 0. The lowest BCUT2D eigenvalue weighted by Gasteiger charge is -2.24. The Labute approximate surface area is 131 Å². The van der Waals surface area contributed by atoms with Crippen LogP contribution in [0.5, 0.6) is 11.8 Å². The summed E-state index contributed by atoms with van der Waals surface area (Å²) < 4.78 is 12.0. The quantitative estimate of drug-likeness (QED) is 0.786. The van der Waals surface area contributed by atoms with E-state index in [1.54, 1.807) is 0 Å². The van der Waals surface area contributed by atoms with Crippen molar-refractivity contribution in [2.24, 2.45) is 0 Å². The molecule has 1 aromatic rings. The van der Waals surface area contributed by atoms with E-state index in [4.69, 9.17) is 8.85 Å². The predicted octanol–water partition coefficient (Wildman–Crippen LogP) is 4.15. The highest BCUT2D eigenvalue weighted by Crippen LogP contribution is 2.24. The molecule has 1 rings (SSSR count). The van der Waals surface area contributed by atoms with Crippen LogP contribution in [0, 0.1) is 0 Å². The summed E-state index contributed by atoms with van der Waals surface area (Å²) in [5, 5.41) is 0. The molecule has 0 radical (unpaired) electrons. The van der Waals surface area contributed by atoms with Crippen molar-refractivity contribution < 1.29 is 8.85 Å². The molecule has 1 heterocycles. The fourth-order valence-electron chi connectivity index (χ4n) is 1.53. The minimum Gasteiger partial charge on any atom is -0.531 e. The summed E-state index contributed by atoms with van der Waals surface area (Å²) in [7, 11) is -4.95. The van der Waals surface area contributed by atoms with E-state index in [1.165, 1.54) is 0 Å². The van der Waals surface area contributed by atoms with Crippen LogP contribution in [0.15, 0.2) is 6.07 Å². The zero-order valence-corrected chi connectivity index (χ0v) is 17.8. The maximum atomic E-state index is 6.01. The van der Waals surface area contributed by atoms with Crippen LogP contribution in [0.25, 0.3) is 0 Å². The number of rotatable bonds is 6. The Hall–Kier alpha value is -0.869. The summed E-state index contributed by atoms with van der Waals surface area (Å²) in [6.07, 6.45) is 0. The zero-order valence-electron chi connectivity index (χ0n) is 14.8. The lowest BCUT2D eigenvalue weighted by Crippen LogP contribution is -2.35. The van der Waals surface area contributed by atoms with Crippen molar-refractivity contribution in [1.29, 1.82) is 0 Å². The van der Waals surface area contributed by atoms with Crippen LogP contribution in [-0.2, 0) is 0 Å². The molecule has 0 aromatic carbocycles. The average Bonchev–Trinajstić information content (AvgIpc) is 2.06. The normalized spacial score (nSPS) is 13.0. The molecule has 0 aliphatic rings. The number of nitrogens with zero attached hydrogens (tertiary/aromatic N) is 2. The number of nitrogens with one attached hydrogen (secondary N) is 1. The van der Waals surface area contributed by atoms with E-state index in [2.05, 4.69) is 73.9 Å². The van der Waals surface area contributed by atoms with Gasteiger partial charge in [0, 0.05) is 0 Å². The Morgan fingerprint density at radius 2 is 1.14 bits per heavy atom. The molecule has 5 nitrogen and oxygen atoms in total. The Morgan fingerprint density at radius 3 is 1.43 bits per heavy atom. The average molecular weight is 344 g/mol. The van der Waals surface area contributed by atoms with E-state index in [0.717, 1.165) is 0 Å². The lowest BCUT2D eigenvalue weighted by molar-refractivity contribution is 0.503. The van der Waals surface area contributed by atoms with Crippen molar-refractivity contribution in [2.75, 3.05) is 4.98 Å². The van der Waals surface area contributed by atoms with Crippen LogP contribution >= 0.6 is 0 Å². The Morgan fingerprint density at radius 1 is 0.762 bits per heavy atom. The van der Waals surface area contributed by atoms with Crippen molar-refractivity contribution in [2.45, 2.75) is 58.9 Å². The van der Waals surface area contributed by atoms with Gasteiger partial charge >= 0.3 is 0 Å². The minimum atomic E-state index is -1.71. The first-order valence-corrected chi connectivity index (χ1v) is 17.6. The van der Waals surface area contributed by atoms with Gasteiger partial charge < -0.3 is 13.8 Å². The topological polar surface area (TPSA) is 56.3 Å². The molecule has 0 spiro atoms. The highest BCUT2D eigenvalue weighted by molar-refractivity contribution is 6.79. The number of hydrogen-bond donors (Lipinski definition) is 1. The van der Waals surface area contributed by atoms with E-state index in [0.29, 0.717) is 17.7 Å². The van der Waals surface area contributed by atoms with E-state index < -0.39 is 24.9 Å². The van der Waals surface area contributed by atoms with Crippen LogP contribution in [0.4, 0.5) is 5.95 Å². The molecule has 21 heavy (non-hydrogen) atoms. The van der Waals surface area contributed by atoms with E-state index in [-0.39, 0.29) is 0 Å². The fourth-order valence-corrected chi connectivity index (χ4v) is 3.77. The molecule has 1 aromatic heterocycles. The third-order valence-corrected chi connectivity index (χ3v) is 4.60. The lowest BCUT2D eigenvalue weighted by atomic mass is 10.6. The third kappa shape index (κ3) is 8.22. The molecule has 0 unspecified atom stereocenters. The van der Waals surface area contributed by atoms with Gasteiger partial charge in [0.1, 0.15) is 8.24 Å². The van der Waals surface area contributed by atoms with Gasteiger partial charge in [-0.3, -0.25) is 0 Å². The molecule has 0 aliphatic heterocycles. The van der Waals surface area contributed by atoms with Crippen LogP contribution < -0.4 is 13.8 Å². The van der Waals surface area contributed by atoms with Gasteiger partial charge in [0.2, 0.25) is 34.3 Å². The van der Waals surface area contributed by atoms with Crippen molar-refractivity contribution in [3.63, 3.8) is 0 Å². The van der Waals surface area contributed by atoms with Gasteiger partial charge in [-0.15, -0.1) is 0 Å². The molecule has 0 atom stereocenters. The number of aromatic nitrogens is 2. The Kier molecular flexibility index (Phi) is 5.27. The standard InChI is InChI=1S/C13H29N3O2Si3/c1-19(2,3)16-13-14-11(17-20(4,5)6)10-12(15-13)18-21(7,8)9/h10H,1-9H3,(H,14,15,16). The number of anilines is 1. The molecule has 0 bridgehead atoms. The van der Waals surface area contributed by atoms with Crippen molar-refractivity contribution >= 4 is 30.8 Å². The van der Waals surface area contributed by atoms with E-state index in [1.807, 2.05) is 6.07 Å². The molecule has 0 fully saturated rings. The molecule has 8 heteroatoms. The minimum absolute atomic E-state index is 0.609. The second-order valence-corrected chi connectivity index (χ2v) is 21.8. The highest BCUT2D eigenvalue weighted by atomic mass is 28.4. The first-order valence-electron chi connectivity index (χ1n) is 7.29. The first-order chi connectivity index (χ1) is 9.23. The molecule has 0 saturated heterocycles. The summed E-state index contributed by atoms with van der Waals surface area (Å²) in [5.74, 6) is 1.83. The van der Waals surface area contributed by atoms with E-state index >= 15 is 0 Å². The summed E-state index contributed by atoms with van der Waals surface area (Å²) in [4.78, 5) is 12.4. The van der Waals surface area contributed by atoms with Crippen LogP contribution in [0.2, 0.25) is 58.9 Å². The van der Waals surface area contributed by atoms with Crippen molar-refractivity contribution in [1.82, 2.24) is 9.97 Å². The van der Waals surface area contributed by atoms with Crippen molar-refractivity contribution in [3.05, 3.63) is 6.07 Å². The summed E-state index contributed by atoms with van der Waals surface area (Å²) in [6.45, 7) is 19.5. The summed E-state index contributed by atoms with van der Waals surface area (Å²) in [6, 6.07) is 1.81. The molecule has 0 saturated carbocycles. The van der Waals surface area contributed by atoms with Gasteiger partial charge in [0.15, 0.2) is 0 Å². The Balaban J connectivity index is 3.13. The molecule has 120 valence electrons. The smallest absolute Gasteiger partial charge is 0.244 e. The van der Waals surface area contributed by atoms with Crippen LogP contribution in [0.1, 0.15) is 0 Å². The molecular weight excluding hydrogens is 314 g/mol. The van der Waals surface area contributed by atoms with Gasteiger partial charge in [0.05, 0.1) is 6.07 Å². The van der Waals surface area contributed by atoms with Gasteiger partial charge in [-0.25, -0.2) is 0 Å². The zero-order chi connectivity index (χ0) is 16.5. The SMILES string of the molecule is C[Si](C)(C)Nc1nc(O[Si](C)(C)C)cc(O[Si](C)(C)C)n1. The maximum Gasteiger partial charge on any atom is 0.244 e. The largest absolute Gasteiger partial charge is 0.531 e. The summed E-state index contributed by atoms with van der Waals surface area (Å²) >= 11 is 0. The molecule has 0 aliphatic carbocycles. The monoisotopic (exact) mass is 343 g/mol. The van der Waals surface area contributed by atoms with Gasteiger partial charge in [0.25, 0.3) is 0 Å². The van der Waals surface area contributed by atoms with Crippen molar-refractivity contribution in [3.8, 4) is 11.8 Å². The molecule has 1 N–H and O–H groups in total. The van der Waals surface area contributed by atoms with E-state index in [9.17, 15) is 0 Å². The predicted molar refractivity (Wildman–Crippen MR) is 96.9 cm³/mol. The Bertz CT molecular complexity index is 407. The fraction of sp³-hybridized carbons (Fsp3) is 0.692. The van der Waals surface area contributed by atoms with Gasteiger partial charge in [-0.05, 0) is 39.3 Å². The third-order valence-electron chi connectivity index (χ3n) is 1.99. The van der Waals surface area contributed by atoms with Crippen LogP contribution in [0.3, 0.4) is 0 Å². The number of hydrogen-bond acceptors (Lipinski definition) is 5. The second kappa shape index (κ2) is 6.09. The van der Waals surface area contributed by atoms with Gasteiger partial charge in [-0.2, -0.15) is 9.97 Å². The first kappa shape index (κ1) is 18.2. The maximum absolute atomic E-state index is 6.01.